The lowest BCUT2D eigenvalue weighted by molar-refractivity contribution is 0.188. The average Bonchev–Trinajstić information content (AvgIpc) is 2.62. The number of piperidine rings is 1. The van der Waals surface area contributed by atoms with E-state index in [1.165, 1.54) is 18.2 Å². The van der Waals surface area contributed by atoms with Gasteiger partial charge < -0.3 is 10.6 Å². The molecule has 1 aliphatic rings. The Balaban J connectivity index is 0.00000420. The van der Waals surface area contributed by atoms with Crippen LogP contribution >= 0.6 is 24.0 Å². The number of halogens is 3. The minimum atomic E-state index is -3.23. The lowest BCUT2D eigenvalue weighted by Crippen LogP contribution is -2.51. The summed E-state index contributed by atoms with van der Waals surface area (Å²) in [6, 6.07) is 4.01. The molecule has 1 atom stereocenters. The second-order valence-corrected chi connectivity index (χ2v) is 8.68. The first-order chi connectivity index (χ1) is 13.3. The van der Waals surface area contributed by atoms with E-state index in [0.29, 0.717) is 25.6 Å². The predicted molar refractivity (Wildman–Crippen MR) is 122 cm³/mol. The zero-order chi connectivity index (χ0) is 20.6. The highest BCUT2D eigenvalue weighted by Crippen LogP contribution is 2.18. The topological polar surface area (TPSA) is 85.8 Å². The molecule has 1 fully saturated rings. The molecule has 0 spiro atoms. The van der Waals surface area contributed by atoms with Crippen LogP contribution < -0.4 is 15.4 Å². The van der Waals surface area contributed by atoms with Gasteiger partial charge in [-0.2, -0.15) is 0 Å². The maximum atomic E-state index is 13.9. The fraction of sp³-hybridized carbons (Fsp3) is 0.611. The Bertz CT molecular complexity index is 759. The molecule has 2 rings (SSSR count). The number of likely N-dealkylation sites (tertiary alicyclic amines) is 1. The molecule has 1 aromatic carbocycles. The van der Waals surface area contributed by atoms with Crippen molar-refractivity contribution < 1.29 is 17.2 Å². The van der Waals surface area contributed by atoms with Crippen LogP contribution in [0.2, 0.25) is 0 Å². The van der Waals surface area contributed by atoms with Gasteiger partial charge in [-0.25, -0.2) is 21.9 Å². The summed E-state index contributed by atoms with van der Waals surface area (Å²) in [7, 11) is -3.23. The van der Waals surface area contributed by atoms with Gasteiger partial charge in [0.25, 0.3) is 0 Å². The lowest BCUT2D eigenvalue weighted by atomic mass is 10.0. The molecule has 29 heavy (non-hydrogen) atoms. The van der Waals surface area contributed by atoms with Crippen LogP contribution in [0.3, 0.4) is 0 Å². The molecule has 1 heterocycles. The molecular weight excluding hydrogens is 515 g/mol. The van der Waals surface area contributed by atoms with E-state index in [1.54, 1.807) is 0 Å². The number of nitrogens with zero attached hydrogens (tertiary/aromatic N) is 2. The first-order valence-corrected chi connectivity index (χ1v) is 11.3. The van der Waals surface area contributed by atoms with Crippen molar-refractivity contribution in [2.45, 2.75) is 32.4 Å². The van der Waals surface area contributed by atoms with E-state index in [0.717, 1.165) is 25.6 Å². The second-order valence-electron chi connectivity index (χ2n) is 6.85. The third-order valence-corrected chi connectivity index (χ3v) is 5.11. The second kappa shape index (κ2) is 12.6. The average molecular weight is 545 g/mol. The third kappa shape index (κ3) is 9.53. The van der Waals surface area contributed by atoms with Crippen molar-refractivity contribution in [3.63, 3.8) is 0 Å². The van der Waals surface area contributed by atoms with Crippen molar-refractivity contribution in [1.82, 2.24) is 20.3 Å². The Hall–Kier alpha value is -1.05. The van der Waals surface area contributed by atoms with E-state index in [4.69, 9.17) is 0 Å². The molecule has 0 saturated carbocycles. The molecule has 1 saturated heterocycles. The fourth-order valence-electron chi connectivity index (χ4n) is 3.14. The molecule has 0 radical (unpaired) electrons. The van der Waals surface area contributed by atoms with E-state index in [-0.39, 0.29) is 48.7 Å². The van der Waals surface area contributed by atoms with Crippen LogP contribution in [-0.4, -0.2) is 64.3 Å². The molecule has 0 amide bonds. The van der Waals surface area contributed by atoms with E-state index >= 15 is 0 Å². The zero-order valence-corrected chi connectivity index (χ0v) is 19.9. The summed E-state index contributed by atoms with van der Waals surface area (Å²) in [6.07, 6.45) is 2.93. The summed E-state index contributed by atoms with van der Waals surface area (Å²) in [5.41, 5.74) is 0.0931. The van der Waals surface area contributed by atoms with Gasteiger partial charge in [-0.15, -0.1) is 24.0 Å². The lowest BCUT2D eigenvalue weighted by Gasteiger charge is -2.34. The van der Waals surface area contributed by atoms with Crippen molar-refractivity contribution in [2.24, 2.45) is 4.99 Å². The predicted octanol–water partition coefficient (Wildman–Crippen LogP) is 1.65. The van der Waals surface area contributed by atoms with Crippen molar-refractivity contribution in [2.75, 3.05) is 39.0 Å². The van der Waals surface area contributed by atoms with Crippen LogP contribution in [0.1, 0.15) is 25.3 Å². The van der Waals surface area contributed by atoms with Crippen LogP contribution in [0.25, 0.3) is 0 Å². The van der Waals surface area contributed by atoms with Gasteiger partial charge in [-0.05, 0) is 38.4 Å². The molecule has 0 bridgehead atoms. The van der Waals surface area contributed by atoms with Gasteiger partial charge in [-0.1, -0.05) is 6.07 Å². The largest absolute Gasteiger partial charge is 0.357 e. The summed E-state index contributed by atoms with van der Waals surface area (Å²) in [5.74, 6) is -0.451. The van der Waals surface area contributed by atoms with Crippen molar-refractivity contribution in [3.8, 4) is 0 Å². The summed E-state index contributed by atoms with van der Waals surface area (Å²) >= 11 is 0. The van der Waals surface area contributed by atoms with Gasteiger partial charge in [0, 0.05) is 37.8 Å². The van der Waals surface area contributed by atoms with Gasteiger partial charge in [0.1, 0.15) is 11.6 Å². The van der Waals surface area contributed by atoms with Crippen LogP contribution in [-0.2, 0) is 16.6 Å². The number of nitrogens with one attached hydrogen (secondary N) is 3. The number of hydrogen-bond acceptors (Lipinski definition) is 4. The summed E-state index contributed by atoms with van der Waals surface area (Å²) in [5, 5.41) is 6.47. The maximum Gasteiger partial charge on any atom is 0.208 e. The Morgan fingerprint density at radius 3 is 2.62 bits per heavy atom. The molecule has 1 unspecified atom stereocenters. The molecule has 166 valence electrons. The molecule has 0 aliphatic carbocycles. The Labute approximate surface area is 188 Å². The molecule has 11 heteroatoms. The number of benzene rings is 1. The number of rotatable bonds is 8. The van der Waals surface area contributed by atoms with Crippen molar-refractivity contribution in [3.05, 3.63) is 35.4 Å². The van der Waals surface area contributed by atoms with Gasteiger partial charge in [0.15, 0.2) is 5.96 Å². The Morgan fingerprint density at radius 2 is 2.00 bits per heavy atom. The smallest absolute Gasteiger partial charge is 0.208 e. The SMILES string of the molecule is CCNC(=NCCNS(C)(=O)=O)NC1CCCN(Cc2c(F)cccc2F)C1.I. The summed E-state index contributed by atoms with van der Waals surface area (Å²) < 4.78 is 52.4. The van der Waals surface area contributed by atoms with E-state index in [1.807, 2.05) is 11.8 Å². The molecular formula is C18H30F2IN5O2S. The maximum absolute atomic E-state index is 13.9. The van der Waals surface area contributed by atoms with E-state index in [2.05, 4.69) is 20.3 Å². The minimum Gasteiger partial charge on any atom is -0.357 e. The van der Waals surface area contributed by atoms with Crippen LogP contribution in [0.15, 0.2) is 23.2 Å². The van der Waals surface area contributed by atoms with Gasteiger partial charge in [0.05, 0.1) is 12.8 Å². The highest BCUT2D eigenvalue weighted by molar-refractivity contribution is 14.0. The highest BCUT2D eigenvalue weighted by atomic mass is 127. The first-order valence-electron chi connectivity index (χ1n) is 9.43. The molecule has 0 aromatic heterocycles. The first kappa shape index (κ1) is 26.0. The summed E-state index contributed by atoms with van der Waals surface area (Å²) in [4.78, 5) is 6.40. The van der Waals surface area contributed by atoms with Gasteiger partial charge >= 0.3 is 0 Å². The number of guanidine groups is 1. The molecule has 1 aromatic rings. The summed E-state index contributed by atoms with van der Waals surface area (Å²) in [6.45, 7) is 4.78. The molecule has 3 N–H and O–H groups in total. The van der Waals surface area contributed by atoms with Crippen LogP contribution in [0.5, 0.6) is 0 Å². The third-order valence-electron chi connectivity index (χ3n) is 4.38. The Kier molecular flexibility index (Phi) is 11.3. The van der Waals surface area contributed by atoms with Gasteiger partial charge in [-0.3, -0.25) is 9.89 Å². The normalized spacial score (nSPS) is 18.2. The Morgan fingerprint density at radius 1 is 1.31 bits per heavy atom. The van der Waals surface area contributed by atoms with Gasteiger partial charge in [0.2, 0.25) is 10.0 Å². The minimum absolute atomic E-state index is 0. The highest BCUT2D eigenvalue weighted by Gasteiger charge is 2.22. The van der Waals surface area contributed by atoms with E-state index < -0.39 is 21.7 Å². The molecule has 7 nitrogen and oxygen atoms in total. The van der Waals surface area contributed by atoms with Crippen molar-refractivity contribution in [1.29, 1.82) is 0 Å². The standard InChI is InChI=1S/C18H29F2N5O2S.HI/c1-3-21-18(22-9-10-23-28(2,26)27)24-14-6-5-11-25(12-14)13-15-16(19)7-4-8-17(15)20;/h4,7-8,14,23H,3,5-6,9-13H2,1-2H3,(H2,21,22,24);1H. The number of sulfonamides is 1. The molecule has 1 aliphatic heterocycles. The zero-order valence-electron chi connectivity index (χ0n) is 16.7. The van der Waals surface area contributed by atoms with Crippen LogP contribution in [0, 0.1) is 11.6 Å². The quantitative estimate of drug-likeness (QED) is 0.200. The van der Waals surface area contributed by atoms with E-state index in [9.17, 15) is 17.2 Å². The van der Waals surface area contributed by atoms with Crippen LogP contribution in [0.4, 0.5) is 8.78 Å². The monoisotopic (exact) mass is 545 g/mol. The van der Waals surface area contributed by atoms with Crippen molar-refractivity contribution >= 4 is 40.0 Å². The fourth-order valence-corrected chi connectivity index (χ4v) is 3.60. The number of hydrogen-bond donors (Lipinski definition) is 3. The number of aliphatic imine (C=N–C) groups is 1.